The SMILES string of the molecule is COc1ccccc1C(=O)NCCn1cnc(C)cc1=O. The number of hydrogen-bond acceptors (Lipinski definition) is 4. The number of para-hydroxylation sites is 1. The van der Waals surface area contributed by atoms with Crippen LogP contribution in [0.4, 0.5) is 0 Å². The average molecular weight is 287 g/mol. The lowest BCUT2D eigenvalue weighted by Gasteiger charge is -2.10. The molecule has 0 radical (unpaired) electrons. The summed E-state index contributed by atoms with van der Waals surface area (Å²) < 4.78 is 6.59. The van der Waals surface area contributed by atoms with Crippen LogP contribution < -0.4 is 15.6 Å². The Hall–Kier alpha value is -2.63. The first-order valence-electron chi connectivity index (χ1n) is 6.56. The third-order valence-corrected chi connectivity index (χ3v) is 3.01. The fourth-order valence-corrected chi connectivity index (χ4v) is 1.90. The predicted octanol–water partition coefficient (Wildman–Crippen LogP) is 0.990. The highest BCUT2D eigenvalue weighted by Gasteiger charge is 2.10. The third kappa shape index (κ3) is 3.68. The zero-order valence-electron chi connectivity index (χ0n) is 12.0. The van der Waals surface area contributed by atoms with Crippen molar-refractivity contribution in [1.29, 1.82) is 0 Å². The van der Waals surface area contributed by atoms with Crippen LogP contribution >= 0.6 is 0 Å². The number of nitrogens with zero attached hydrogens (tertiary/aromatic N) is 2. The predicted molar refractivity (Wildman–Crippen MR) is 78.6 cm³/mol. The topological polar surface area (TPSA) is 73.2 Å². The Bertz CT molecular complexity index is 695. The fraction of sp³-hybridized carbons (Fsp3) is 0.267. The first kappa shape index (κ1) is 14.8. The number of benzene rings is 1. The molecule has 0 bridgehead atoms. The van der Waals surface area contributed by atoms with E-state index in [1.165, 1.54) is 24.1 Å². The van der Waals surface area contributed by atoms with Gasteiger partial charge in [-0.05, 0) is 19.1 Å². The summed E-state index contributed by atoms with van der Waals surface area (Å²) in [6, 6.07) is 8.44. The van der Waals surface area contributed by atoms with E-state index < -0.39 is 0 Å². The minimum atomic E-state index is -0.236. The summed E-state index contributed by atoms with van der Waals surface area (Å²) in [6.07, 6.45) is 1.48. The van der Waals surface area contributed by atoms with Crippen molar-refractivity contribution < 1.29 is 9.53 Å². The van der Waals surface area contributed by atoms with E-state index in [2.05, 4.69) is 10.3 Å². The van der Waals surface area contributed by atoms with Gasteiger partial charge < -0.3 is 10.1 Å². The van der Waals surface area contributed by atoms with Gasteiger partial charge in [-0.3, -0.25) is 14.2 Å². The van der Waals surface area contributed by atoms with Crippen LogP contribution in [0.1, 0.15) is 16.1 Å². The van der Waals surface area contributed by atoms with Gasteiger partial charge >= 0.3 is 0 Å². The van der Waals surface area contributed by atoms with E-state index in [0.717, 1.165) is 0 Å². The number of aryl methyl sites for hydroxylation is 1. The maximum absolute atomic E-state index is 12.1. The molecule has 0 aliphatic rings. The van der Waals surface area contributed by atoms with E-state index in [-0.39, 0.29) is 11.5 Å². The van der Waals surface area contributed by atoms with Gasteiger partial charge in [0.2, 0.25) is 0 Å². The maximum Gasteiger partial charge on any atom is 0.255 e. The molecule has 0 aliphatic heterocycles. The van der Waals surface area contributed by atoms with Gasteiger partial charge in [-0.25, -0.2) is 4.98 Å². The summed E-state index contributed by atoms with van der Waals surface area (Å²) in [5.41, 5.74) is 1.01. The Morgan fingerprint density at radius 2 is 2.14 bits per heavy atom. The highest BCUT2D eigenvalue weighted by atomic mass is 16.5. The summed E-state index contributed by atoms with van der Waals surface area (Å²) in [6.45, 7) is 2.46. The van der Waals surface area contributed by atoms with E-state index >= 15 is 0 Å². The van der Waals surface area contributed by atoms with E-state index in [0.29, 0.717) is 30.1 Å². The highest BCUT2D eigenvalue weighted by molar-refractivity contribution is 5.96. The molecular formula is C15H17N3O3. The molecule has 1 heterocycles. The molecule has 0 atom stereocenters. The number of ether oxygens (including phenoxy) is 1. The molecule has 2 aromatic rings. The maximum atomic E-state index is 12.1. The van der Waals surface area contributed by atoms with Crippen LogP contribution in [0.5, 0.6) is 5.75 Å². The molecule has 0 fully saturated rings. The zero-order chi connectivity index (χ0) is 15.2. The van der Waals surface area contributed by atoms with E-state index in [1.807, 2.05) is 0 Å². The molecule has 0 spiro atoms. The summed E-state index contributed by atoms with van der Waals surface area (Å²) in [7, 11) is 1.52. The molecule has 1 aromatic heterocycles. The molecule has 110 valence electrons. The van der Waals surface area contributed by atoms with Crippen molar-refractivity contribution in [2.24, 2.45) is 0 Å². The Morgan fingerprint density at radius 1 is 1.38 bits per heavy atom. The molecule has 0 saturated heterocycles. The lowest BCUT2D eigenvalue weighted by molar-refractivity contribution is 0.0949. The van der Waals surface area contributed by atoms with Gasteiger partial charge in [0.1, 0.15) is 5.75 Å². The summed E-state index contributed by atoms with van der Waals surface area (Å²) in [5, 5.41) is 2.76. The highest BCUT2D eigenvalue weighted by Crippen LogP contribution is 2.16. The quantitative estimate of drug-likeness (QED) is 0.890. The Kier molecular flexibility index (Phi) is 4.71. The van der Waals surface area contributed by atoms with Crippen LogP contribution in [0.15, 0.2) is 41.5 Å². The van der Waals surface area contributed by atoms with Crippen molar-refractivity contribution in [3.8, 4) is 5.75 Å². The molecule has 6 nitrogen and oxygen atoms in total. The first-order chi connectivity index (χ1) is 10.1. The third-order valence-electron chi connectivity index (χ3n) is 3.01. The number of hydrogen-bond donors (Lipinski definition) is 1. The van der Waals surface area contributed by atoms with E-state index in [9.17, 15) is 9.59 Å². The molecule has 21 heavy (non-hydrogen) atoms. The van der Waals surface area contributed by atoms with Crippen molar-refractivity contribution in [1.82, 2.24) is 14.9 Å². The molecule has 6 heteroatoms. The second-order valence-electron chi connectivity index (χ2n) is 4.52. The van der Waals surface area contributed by atoms with Crippen LogP contribution in [0.2, 0.25) is 0 Å². The second kappa shape index (κ2) is 6.69. The Labute approximate surface area is 122 Å². The number of methoxy groups -OCH3 is 1. The van der Waals surface area contributed by atoms with Crippen molar-refractivity contribution in [2.75, 3.05) is 13.7 Å². The smallest absolute Gasteiger partial charge is 0.255 e. The summed E-state index contributed by atoms with van der Waals surface area (Å²) >= 11 is 0. The molecule has 2 rings (SSSR count). The van der Waals surface area contributed by atoms with E-state index in [4.69, 9.17) is 4.74 Å². The lowest BCUT2D eigenvalue weighted by Crippen LogP contribution is -2.31. The standard InChI is InChI=1S/C15H17N3O3/c1-11-9-14(19)18(10-17-11)8-7-16-15(20)12-5-3-4-6-13(12)21-2/h3-6,9-10H,7-8H2,1-2H3,(H,16,20). The second-order valence-corrected chi connectivity index (χ2v) is 4.52. The zero-order valence-corrected chi connectivity index (χ0v) is 12.0. The van der Waals surface area contributed by atoms with Gasteiger partial charge in [-0.15, -0.1) is 0 Å². The summed E-state index contributed by atoms with van der Waals surface area (Å²) in [5.74, 6) is 0.282. The van der Waals surface area contributed by atoms with Crippen LogP contribution in [-0.2, 0) is 6.54 Å². The minimum Gasteiger partial charge on any atom is -0.496 e. The Morgan fingerprint density at radius 3 is 2.86 bits per heavy atom. The van der Waals surface area contributed by atoms with Crippen molar-refractivity contribution >= 4 is 5.91 Å². The van der Waals surface area contributed by atoms with Gasteiger partial charge in [0.25, 0.3) is 11.5 Å². The molecule has 0 aliphatic carbocycles. The average Bonchev–Trinajstić information content (AvgIpc) is 2.49. The van der Waals surface area contributed by atoms with Crippen molar-refractivity contribution in [2.45, 2.75) is 13.5 Å². The van der Waals surface area contributed by atoms with Gasteiger partial charge in [0.15, 0.2) is 0 Å². The molecule has 0 unspecified atom stereocenters. The van der Waals surface area contributed by atoms with Crippen LogP contribution in [0.25, 0.3) is 0 Å². The first-order valence-corrected chi connectivity index (χ1v) is 6.56. The normalized spacial score (nSPS) is 10.2. The molecule has 1 N–H and O–H groups in total. The van der Waals surface area contributed by atoms with Crippen molar-refractivity contribution in [3.63, 3.8) is 0 Å². The fourth-order valence-electron chi connectivity index (χ4n) is 1.90. The number of carbonyl (C=O) groups is 1. The minimum absolute atomic E-state index is 0.131. The number of carbonyl (C=O) groups excluding carboxylic acids is 1. The molecule has 1 aromatic carbocycles. The number of rotatable bonds is 5. The molecule has 1 amide bonds. The van der Waals surface area contributed by atoms with Crippen molar-refractivity contribution in [3.05, 3.63) is 58.3 Å². The van der Waals surface area contributed by atoms with Gasteiger partial charge in [-0.1, -0.05) is 12.1 Å². The largest absolute Gasteiger partial charge is 0.496 e. The monoisotopic (exact) mass is 287 g/mol. The van der Waals surface area contributed by atoms with Crippen LogP contribution in [-0.4, -0.2) is 29.1 Å². The number of amides is 1. The lowest BCUT2D eigenvalue weighted by atomic mass is 10.2. The van der Waals surface area contributed by atoms with Crippen LogP contribution in [0.3, 0.4) is 0 Å². The number of aromatic nitrogens is 2. The van der Waals surface area contributed by atoms with Gasteiger partial charge in [-0.2, -0.15) is 0 Å². The van der Waals surface area contributed by atoms with Gasteiger partial charge in [0, 0.05) is 24.8 Å². The summed E-state index contributed by atoms with van der Waals surface area (Å²) in [4.78, 5) is 27.8. The van der Waals surface area contributed by atoms with Crippen LogP contribution in [0, 0.1) is 6.92 Å². The molecule has 0 saturated carbocycles. The van der Waals surface area contributed by atoms with E-state index in [1.54, 1.807) is 31.2 Å². The number of nitrogens with one attached hydrogen (secondary N) is 1. The van der Waals surface area contributed by atoms with Gasteiger partial charge in [0.05, 0.1) is 19.0 Å². The molecular weight excluding hydrogens is 270 g/mol. The Balaban J connectivity index is 1.97.